The number of alkyl carbamates (subject to hydrolysis) is 1. The van der Waals surface area contributed by atoms with E-state index in [1.165, 1.54) is 0 Å². The first-order chi connectivity index (χ1) is 19.4. The number of morpholine rings is 1. The Morgan fingerprint density at radius 2 is 1.93 bits per heavy atom. The van der Waals surface area contributed by atoms with Crippen LogP contribution in [0.2, 0.25) is 5.02 Å². The van der Waals surface area contributed by atoms with Crippen molar-refractivity contribution in [3.63, 3.8) is 0 Å². The minimum atomic E-state index is -0.440. The number of pyridine rings is 1. The highest BCUT2D eigenvalue weighted by atomic mass is 35.5. The van der Waals surface area contributed by atoms with E-state index in [2.05, 4.69) is 27.4 Å². The molecule has 0 saturated carbocycles. The van der Waals surface area contributed by atoms with Crippen LogP contribution < -0.4 is 16.1 Å². The van der Waals surface area contributed by atoms with E-state index in [0.29, 0.717) is 55.1 Å². The summed E-state index contributed by atoms with van der Waals surface area (Å²) in [5.74, 6) is 6.01. The van der Waals surface area contributed by atoms with Gasteiger partial charge in [0.25, 0.3) is 5.91 Å². The van der Waals surface area contributed by atoms with Gasteiger partial charge in [-0.05, 0) is 41.8 Å². The van der Waals surface area contributed by atoms with Gasteiger partial charge in [0.15, 0.2) is 0 Å². The first-order valence-corrected chi connectivity index (χ1v) is 13.7. The highest BCUT2D eigenvalue weighted by Gasteiger charge is 2.21. The summed E-state index contributed by atoms with van der Waals surface area (Å²) < 4.78 is 12.2. The maximum atomic E-state index is 13.7. The molecule has 1 aromatic heterocycles. The third-order valence-electron chi connectivity index (χ3n) is 7.03. The van der Waals surface area contributed by atoms with Crippen LogP contribution in [0.4, 0.5) is 4.79 Å². The van der Waals surface area contributed by atoms with Gasteiger partial charge in [0.05, 0.1) is 24.8 Å². The molecule has 2 aliphatic heterocycles. The van der Waals surface area contributed by atoms with Crippen molar-refractivity contribution in [1.29, 1.82) is 0 Å². The molecule has 2 saturated heterocycles. The van der Waals surface area contributed by atoms with Crippen LogP contribution in [0.5, 0.6) is 0 Å². The second-order valence-corrected chi connectivity index (χ2v) is 10.4. The second kappa shape index (κ2) is 12.6. The number of nitrogens with zero attached hydrogens (tertiary/aromatic N) is 2. The summed E-state index contributed by atoms with van der Waals surface area (Å²) in [5.41, 5.74) is 2.97. The van der Waals surface area contributed by atoms with E-state index in [0.717, 1.165) is 29.8 Å². The lowest BCUT2D eigenvalue weighted by Gasteiger charge is -2.26. The zero-order valence-electron chi connectivity index (χ0n) is 22.3. The Morgan fingerprint density at radius 1 is 1.15 bits per heavy atom. The number of halogens is 1. The number of carbonyl (C=O) groups excluding carboxylic acids is 2. The molecule has 1 atom stereocenters. The van der Waals surface area contributed by atoms with Gasteiger partial charge in [0.1, 0.15) is 12.2 Å². The summed E-state index contributed by atoms with van der Waals surface area (Å²) in [6.07, 6.45) is 2.40. The first kappa shape index (κ1) is 27.7. The molecule has 0 bridgehead atoms. The third-order valence-corrected chi connectivity index (χ3v) is 7.29. The van der Waals surface area contributed by atoms with Crippen molar-refractivity contribution in [3.05, 3.63) is 80.1 Å². The van der Waals surface area contributed by atoms with Gasteiger partial charge >= 0.3 is 6.09 Å². The summed E-state index contributed by atoms with van der Waals surface area (Å²) in [6.45, 7) is 4.21. The Labute approximate surface area is 237 Å². The number of rotatable bonds is 7. The van der Waals surface area contributed by atoms with Crippen LogP contribution in [0.25, 0.3) is 10.9 Å². The number of ether oxygens (including phenoxy) is 2. The quantitative estimate of drug-likeness (QED) is 0.429. The summed E-state index contributed by atoms with van der Waals surface area (Å²) in [6, 6.07) is 11.0. The third kappa shape index (κ3) is 6.65. The molecule has 5 rings (SSSR count). The zero-order chi connectivity index (χ0) is 28.1. The van der Waals surface area contributed by atoms with Crippen LogP contribution in [0.1, 0.15) is 39.9 Å². The van der Waals surface area contributed by atoms with Gasteiger partial charge in [-0.15, -0.1) is 0 Å². The van der Waals surface area contributed by atoms with Crippen LogP contribution in [0.15, 0.2) is 47.4 Å². The van der Waals surface area contributed by atoms with Gasteiger partial charge in [-0.25, -0.2) is 4.79 Å². The number of amides is 2. The van der Waals surface area contributed by atoms with Crippen molar-refractivity contribution in [2.24, 2.45) is 7.05 Å². The van der Waals surface area contributed by atoms with E-state index < -0.39 is 12.0 Å². The monoisotopic (exact) mass is 562 g/mol. The Morgan fingerprint density at radius 3 is 2.65 bits per heavy atom. The number of fused-ring (bicyclic) bond motifs is 1. The predicted octanol–water partition coefficient (Wildman–Crippen LogP) is 3.19. The predicted molar refractivity (Wildman–Crippen MR) is 152 cm³/mol. The van der Waals surface area contributed by atoms with E-state index in [1.54, 1.807) is 22.9 Å². The molecule has 40 heavy (non-hydrogen) atoms. The Bertz CT molecular complexity index is 1530. The standard InChI is InChI=1S/C30H31ClN4O5/c1-34-18-26(29(37)32-16-20-6-8-23(31)9-7-20)28(36)25-15-21(17-35-10-12-39-13-11-35)14-22(27(25)34)4-2-3-5-24-19-40-30(38)33-24/h6-9,14-15,18,24H,3,5,10-13,16-17,19H2,1H3,(H,32,37)(H,33,38)/t24-/m1/s1. The van der Waals surface area contributed by atoms with Crippen LogP contribution >= 0.6 is 11.6 Å². The molecule has 0 unspecified atom stereocenters. The molecule has 2 aliphatic rings. The molecular weight excluding hydrogens is 532 g/mol. The lowest BCUT2D eigenvalue weighted by Crippen LogP contribution is -2.35. The van der Waals surface area contributed by atoms with Crippen molar-refractivity contribution >= 4 is 34.5 Å². The highest BCUT2D eigenvalue weighted by molar-refractivity contribution is 6.30. The van der Waals surface area contributed by atoms with Crippen molar-refractivity contribution in [3.8, 4) is 11.8 Å². The van der Waals surface area contributed by atoms with Gasteiger partial charge in [0, 0.05) is 61.8 Å². The van der Waals surface area contributed by atoms with E-state index in [1.807, 2.05) is 31.3 Å². The molecule has 3 heterocycles. The minimum Gasteiger partial charge on any atom is -0.447 e. The molecule has 2 fully saturated rings. The largest absolute Gasteiger partial charge is 0.447 e. The average Bonchev–Trinajstić information content (AvgIpc) is 3.37. The Balaban J connectivity index is 1.44. The molecular formula is C30H31ClN4O5. The summed E-state index contributed by atoms with van der Waals surface area (Å²) in [7, 11) is 1.82. The van der Waals surface area contributed by atoms with Gasteiger partial charge < -0.3 is 24.7 Å². The SMILES string of the molecule is Cn1cc(C(=O)NCc2ccc(Cl)cc2)c(=O)c2cc(CN3CCOCC3)cc(C#CCC[C@@H]3COC(=O)N3)c21. The Hall–Kier alpha value is -3.84. The lowest BCUT2D eigenvalue weighted by atomic mass is 10.0. The molecule has 0 spiro atoms. The van der Waals surface area contributed by atoms with Gasteiger partial charge in [-0.3, -0.25) is 14.5 Å². The molecule has 2 aromatic carbocycles. The molecule has 2 amide bonds. The zero-order valence-corrected chi connectivity index (χ0v) is 23.1. The fourth-order valence-electron chi connectivity index (χ4n) is 4.94. The summed E-state index contributed by atoms with van der Waals surface area (Å²) >= 11 is 5.96. The molecule has 3 aromatic rings. The number of aromatic nitrogens is 1. The van der Waals surface area contributed by atoms with E-state index in [-0.39, 0.29) is 23.6 Å². The minimum absolute atomic E-state index is 0.0514. The molecule has 10 heteroatoms. The van der Waals surface area contributed by atoms with Crippen molar-refractivity contribution < 1.29 is 19.1 Å². The van der Waals surface area contributed by atoms with E-state index in [4.69, 9.17) is 21.1 Å². The topological polar surface area (TPSA) is 102 Å². The van der Waals surface area contributed by atoms with Gasteiger partial charge in [0.2, 0.25) is 5.43 Å². The average molecular weight is 563 g/mol. The van der Waals surface area contributed by atoms with Crippen LogP contribution in [0.3, 0.4) is 0 Å². The smallest absolute Gasteiger partial charge is 0.407 e. The van der Waals surface area contributed by atoms with Gasteiger partial charge in [-0.1, -0.05) is 35.6 Å². The number of hydrogen-bond donors (Lipinski definition) is 2. The van der Waals surface area contributed by atoms with Crippen LogP contribution in [0, 0.1) is 11.8 Å². The fourth-order valence-corrected chi connectivity index (χ4v) is 5.07. The molecule has 0 radical (unpaired) electrons. The van der Waals surface area contributed by atoms with E-state index >= 15 is 0 Å². The Kier molecular flexibility index (Phi) is 8.70. The summed E-state index contributed by atoms with van der Waals surface area (Å²) in [4.78, 5) is 40.3. The van der Waals surface area contributed by atoms with Crippen LogP contribution in [-0.2, 0) is 29.6 Å². The van der Waals surface area contributed by atoms with Crippen molar-refractivity contribution in [2.75, 3.05) is 32.9 Å². The summed E-state index contributed by atoms with van der Waals surface area (Å²) in [5, 5.41) is 6.68. The normalized spacial score (nSPS) is 17.1. The number of hydrogen-bond acceptors (Lipinski definition) is 6. The van der Waals surface area contributed by atoms with Crippen LogP contribution in [-0.4, -0.2) is 60.4 Å². The number of nitrogens with one attached hydrogen (secondary N) is 2. The van der Waals surface area contributed by atoms with Crippen molar-refractivity contribution in [1.82, 2.24) is 20.1 Å². The fraction of sp³-hybridized carbons (Fsp3) is 0.367. The molecule has 0 aliphatic carbocycles. The number of cyclic esters (lactones) is 1. The maximum absolute atomic E-state index is 13.7. The highest BCUT2D eigenvalue weighted by Crippen LogP contribution is 2.21. The number of aryl methyl sites for hydroxylation is 1. The molecule has 9 nitrogen and oxygen atoms in total. The van der Waals surface area contributed by atoms with E-state index in [9.17, 15) is 14.4 Å². The molecule has 208 valence electrons. The van der Waals surface area contributed by atoms with Gasteiger partial charge in [-0.2, -0.15) is 0 Å². The number of benzene rings is 2. The maximum Gasteiger partial charge on any atom is 0.407 e. The van der Waals surface area contributed by atoms with Crippen molar-refractivity contribution in [2.45, 2.75) is 32.0 Å². The first-order valence-electron chi connectivity index (χ1n) is 13.3. The number of carbonyl (C=O) groups is 2. The molecule has 2 N–H and O–H groups in total. The second-order valence-electron chi connectivity index (χ2n) is 10.0. The lowest BCUT2D eigenvalue weighted by molar-refractivity contribution is 0.0342.